The van der Waals surface area contributed by atoms with Gasteiger partial charge in [0.1, 0.15) is 11.8 Å². The Balaban J connectivity index is 1.55. The van der Waals surface area contributed by atoms with Gasteiger partial charge in [-0.15, -0.1) is 0 Å². The van der Waals surface area contributed by atoms with Crippen LogP contribution >= 0.6 is 0 Å². The molecule has 1 fully saturated rings. The minimum absolute atomic E-state index is 0.0700. The second-order valence-electron chi connectivity index (χ2n) is 5.21. The molecule has 0 spiro atoms. The summed E-state index contributed by atoms with van der Waals surface area (Å²) < 4.78 is 5.19. The Labute approximate surface area is 125 Å². The van der Waals surface area contributed by atoms with Crippen LogP contribution in [-0.4, -0.2) is 25.1 Å². The summed E-state index contributed by atoms with van der Waals surface area (Å²) in [6.07, 6.45) is 3.71. The van der Waals surface area contributed by atoms with Crippen LogP contribution in [0.4, 0.5) is 0 Å². The smallest absolute Gasteiger partial charge is 0.220 e. The summed E-state index contributed by atoms with van der Waals surface area (Å²) in [4.78, 5) is 11.5. The van der Waals surface area contributed by atoms with E-state index in [0.717, 1.165) is 37.9 Å². The van der Waals surface area contributed by atoms with Crippen molar-refractivity contribution in [3.8, 4) is 11.8 Å². The van der Waals surface area contributed by atoms with E-state index in [1.54, 1.807) is 0 Å². The van der Waals surface area contributed by atoms with E-state index in [1.807, 2.05) is 30.3 Å². The zero-order valence-corrected chi connectivity index (χ0v) is 12.1. The Kier molecular flexibility index (Phi) is 6.04. The topological polar surface area (TPSA) is 74.1 Å². The quantitative estimate of drug-likeness (QED) is 0.678. The average molecular weight is 287 g/mol. The number of nitriles is 1. The standard InChI is InChI=1S/C16H21N3O2/c17-9-11-21-15-7-3-13(4-8-15)12-18-10-1-2-16(20)19-14-5-6-14/h3-4,7-8,14,18H,1-2,5-6,10-12H2,(H,19,20). The molecule has 5 nitrogen and oxygen atoms in total. The Hall–Kier alpha value is -2.06. The maximum absolute atomic E-state index is 11.5. The molecule has 0 bridgehead atoms. The van der Waals surface area contributed by atoms with E-state index in [2.05, 4.69) is 10.6 Å². The number of benzene rings is 1. The Bertz CT molecular complexity index is 489. The van der Waals surface area contributed by atoms with Crippen LogP contribution < -0.4 is 15.4 Å². The lowest BCUT2D eigenvalue weighted by Crippen LogP contribution is -2.26. The zero-order valence-electron chi connectivity index (χ0n) is 12.1. The minimum Gasteiger partial charge on any atom is -0.479 e. The van der Waals surface area contributed by atoms with Gasteiger partial charge in [-0.2, -0.15) is 5.26 Å². The number of ether oxygens (including phenoxy) is 1. The summed E-state index contributed by atoms with van der Waals surface area (Å²) in [5.74, 6) is 0.871. The minimum atomic E-state index is 0.0700. The van der Waals surface area contributed by atoms with Gasteiger partial charge in [-0.05, 0) is 43.5 Å². The molecule has 2 rings (SSSR count). The van der Waals surface area contributed by atoms with E-state index in [1.165, 1.54) is 0 Å². The highest BCUT2D eigenvalue weighted by molar-refractivity contribution is 5.76. The van der Waals surface area contributed by atoms with Crippen LogP contribution in [0.15, 0.2) is 24.3 Å². The molecule has 1 amide bonds. The number of nitrogens with one attached hydrogen (secondary N) is 2. The molecule has 0 radical (unpaired) electrons. The van der Waals surface area contributed by atoms with Crippen LogP contribution in [0.3, 0.4) is 0 Å². The van der Waals surface area contributed by atoms with E-state index in [0.29, 0.717) is 18.2 Å². The Morgan fingerprint density at radius 1 is 1.33 bits per heavy atom. The van der Waals surface area contributed by atoms with Crippen molar-refractivity contribution in [2.45, 2.75) is 38.3 Å². The molecule has 5 heteroatoms. The van der Waals surface area contributed by atoms with Crippen molar-refractivity contribution in [1.29, 1.82) is 5.26 Å². The van der Waals surface area contributed by atoms with E-state index in [4.69, 9.17) is 10.00 Å². The van der Waals surface area contributed by atoms with Gasteiger partial charge in [-0.3, -0.25) is 4.79 Å². The normalized spacial score (nSPS) is 13.5. The fraction of sp³-hybridized carbons (Fsp3) is 0.500. The molecule has 1 saturated carbocycles. The van der Waals surface area contributed by atoms with Gasteiger partial charge in [0, 0.05) is 19.0 Å². The second kappa shape index (κ2) is 8.28. The van der Waals surface area contributed by atoms with Gasteiger partial charge < -0.3 is 15.4 Å². The summed E-state index contributed by atoms with van der Waals surface area (Å²) in [5.41, 5.74) is 1.15. The van der Waals surface area contributed by atoms with Gasteiger partial charge in [-0.1, -0.05) is 12.1 Å². The fourth-order valence-corrected chi connectivity index (χ4v) is 1.95. The highest BCUT2D eigenvalue weighted by Crippen LogP contribution is 2.18. The van der Waals surface area contributed by atoms with E-state index in [9.17, 15) is 4.79 Å². The van der Waals surface area contributed by atoms with E-state index >= 15 is 0 Å². The fourth-order valence-electron chi connectivity index (χ4n) is 1.95. The van der Waals surface area contributed by atoms with Gasteiger partial charge in [0.05, 0.1) is 0 Å². The van der Waals surface area contributed by atoms with Crippen LogP contribution in [0.2, 0.25) is 0 Å². The predicted molar refractivity (Wildman–Crippen MR) is 79.7 cm³/mol. The summed E-state index contributed by atoms with van der Waals surface area (Å²) in [6, 6.07) is 10.0. The summed E-state index contributed by atoms with van der Waals surface area (Å²) in [5, 5.41) is 14.7. The third kappa shape index (κ3) is 6.28. The third-order valence-electron chi connectivity index (χ3n) is 3.26. The lowest BCUT2D eigenvalue weighted by molar-refractivity contribution is -0.121. The number of hydrogen-bond donors (Lipinski definition) is 2. The summed E-state index contributed by atoms with van der Waals surface area (Å²) in [6.45, 7) is 1.66. The third-order valence-corrected chi connectivity index (χ3v) is 3.26. The van der Waals surface area contributed by atoms with Crippen LogP contribution in [0.5, 0.6) is 5.75 Å². The number of hydrogen-bond acceptors (Lipinski definition) is 4. The largest absolute Gasteiger partial charge is 0.479 e. The molecular weight excluding hydrogens is 266 g/mol. The number of rotatable bonds is 9. The SMILES string of the molecule is N#CCOc1ccc(CNCCCC(=O)NC2CC2)cc1. The first-order valence-electron chi connectivity index (χ1n) is 7.36. The molecule has 0 saturated heterocycles. The maximum atomic E-state index is 11.5. The van der Waals surface area contributed by atoms with Crippen molar-refractivity contribution in [1.82, 2.24) is 10.6 Å². The molecular formula is C16H21N3O2. The van der Waals surface area contributed by atoms with Gasteiger partial charge >= 0.3 is 0 Å². The maximum Gasteiger partial charge on any atom is 0.220 e. The molecule has 2 N–H and O–H groups in total. The molecule has 1 aromatic rings. The Morgan fingerprint density at radius 2 is 2.10 bits per heavy atom. The highest BCUT2D eigenvalue weighted by atomic mass is 16.5. The molecule has 1 aliphatic rings. The van der Waals surface area contributed by atoms with Crippen molar-refractivity contribution >= 4 is 5.91 Å². The van der Waals surface area contributed by atoms with Gasteiger partial charge in [-0.25, -0.2) is 0 Å². The first-order chi connectivity index (χ1) is 10.3. The zero-order chi connectivity index (χ0) is 14.9. The van der Waals surface area contributed by atoms with Crippen LogP contribution in [0.1, 0.15) is 31.2 Å². The molecule has 1 aromatic carbocycles. The average Bonchev–Trinajstić information content (AvgIpc) is 3.30. The van der Waals surface area contributed by atoms with E-state index < -0.39 is 0 Å². The van der Waals surface area contributed by atoms with Crippen molar-refractivity contribution in [2.75, 3.05) is 13.2 Å². The first kappa shape index (κ1) is 15.3. The Morgan fingerprint density at radius 3 is 2.76 bits per heavy atom. The van der Waals surface area contributed by atoms with Crippen LogP contribution in [-0.2, 0) is 11.3 Å². The molecule has 112 valence electrons. The highest BCUT2D eigenvalue weighted by Gasteiger charge is 2.22. The second-order valence-corrected chi connectivity index (χ2v) is 5.21. The lowest BCUT2D eigenvalue weighted by Gasteiger charge is -2.07. The van der Waals surface area contributed by atoms with Gasteiger partial charge in [0.25, 0.3) is 0 Å². The molecule has 0 aromatic heterocycles. The van der Waals surface area contributed by atoms with Crippen LogP contribution in [0, 0.1) is 11.3 Å². The predicted octanol–water partition coefficient (Wildman–Crippen LogP) is 1.74. The monoisotopic (exact) mass is 287 g/mol. The molecule has 0 atom stereocenters. The summed E-state index contributed by atoms with van der Waals surface area (Å²) >= 11 is 0. The first-order valence-corrected chi connectivity index (χ1v) is 7.36. The van der Waals surface area contributed by atoms with Crippen LogP contribution in [0.25, 0.3) is 0 Å². The van der Waals surface area contributed by atoms with E-state index in [-0.39, 0.29) is 12.5 Å². The molecule has 1 aliphatic carbocycles. The molecule has 0 heterocycles. The number of carbonyl (C=O) groups excluding carboxylic acids is 1. The van der Waals surface area contributed by atoms with Crippen molar-refractivity contribution in [3.05, 3.63) is 29.8 Å². The van der Waals surface area contributed by atoms with Crippen molar-refractivity contribution in [3.63, 3.8) is 0 Å². The molecule has 0 unspecified atom stereocenters. The number of carbonyl (C=O) groups is 1. The van der Waals surface area contributed by atoms with Crippen molar-refractivity contribution < 1.29 is 9.53 Å². The van der Waals surface area contributed by atoms with Gasteiger partial charge in [0.2, 0.25) is 5.91 Å². The number of nitrogens with zero attached hydrogens (tertiary/aromatic N) is 1. The number of amides is 1. The van der Waals surface area contributed by atoms with Crippen molar-refractivity contribution in [2.24, 2.45) is 0 Å². The van der Waals surface area contributed by atoms with Gasteiger partial charge in [0.15, 0.2) is 6.61 Å². The molecule has 21 heavy (non-hydrogen) atoms. The summed E-state index contributed by atoms with van der Waals surface area (Å²) in [7, 11) is 0. The lowest BCUT2D eigenvalue weighted by atomic mass is 10.2. The molecule has 0 aliphatic heterocycles.